The molecule has 0 bridgehead atoms. The summed E-state index contributed by atoms with van der Waals surface area (Å²) in [5, 5.41) is 9.49. The highest BCUT2D eigenvalue weighted by Gasteiger charge is 2.35. The second-order valence-corrected chi connectivity index (χ2v) is 8.81. The second-order valence-electron chi connectivity index (χ2n) is 8.81. The molecular weight excluding hydrogens is 475 g/mol. The standard InChI is InChI=1S/C25H24F3N5O3/c1-13(2)20-11-16(17-12-29-33(14(3)4)22(17)31-20)23(34)32-19-8-7-15(10-18(19)25(26,27)28)30-24(35)21-6-5-9-36-21/h5-14H,1-4H3,(H,30,35)(H,32,34). The van der Waals surface area contributed by atoms with Crippen molar-refractivity contribution in [3.8, 4) is 0 Å². The van der Waals surface area contributed by atoms with E-state index in [2.05, 4.69) is 20.7 Å². The lowest BCUT2D eigenvalue weighted by molar-refractivity contribution is -0.136. The Labute approximate surface area is 204 Å². The van der Waals surface area contributed by atoms with Crippen LogP contribution < -0.4 is 10.6 Å². The molecule has 3 aromatic heterocycles. The summed E-state index contributed by atoms with van der Waals surface area (Å²) in [5.74, 6) is -1.51. The van der Waals surface area contributed by atoms with Crippen LogP contribution in [0.1, 0.15) is 71.8 Å². The smallest absolute Gasteiger partial charge is 0.418 e. The van der Waals surface area contributed by atoms with Gasteiger partial charge in [-0.1, -0.05) is 13.8 Å². The molecule has 4 aromatic rings. The summed E-state index contributed by atoms with van der Waals surface area (Å²) >= 11 is 0. The summed E-state index contributed by atoms with van der Waals surface area (Å²) < 4.78 is 48.3. The van der Waals surface area contributed by atoms with Gasteiger partial charge in [0.05, 0.1) is 34.7 Å². The molecule has 0 fully saturated rings. The fourth-order valence-electron chi connectivity index (χ4n) is 3.65. The number of pyridine rings is 1. The summed E-state index contributed by atoms with van der Waals surface area (Å²) in [5.41, 5.74) is -0.404. The van der Waals surface area contributed by atoms with Gasteiger partial charge in [-0.25, -0.2) is 9.67 Å². The van der Waals surface area contributed by atoms with Crippen molar-refractivity contribution in [3.63, 3.8) is 0 Å². The van der Waals surface area contributed by atoms with Crippen LogP contribution in [-0.2, 0) is 6.18 Å². The number of anilines is 2. The average molecular weight is 499 g/mol. The van der Waals surface area contributed by atoms with E-state index in [0.29, 0.717) is 16.7 Å². The van der Waals surface area contributed by atoms with Crippen LogP contribution in [0, 0.1) is 0 Å². The van der Waals surface area contributed by atoms with Gasteiger partial charge in [-0.2, -0.15) is 18.3 Å². The summed E-state index contributed by atoms with van der Waals surface area (Å²) in [6.45, 7) is 7.64. The van der Waals surface area contributed by atoms with Crippen molar-refractivity contribution in [2.24, 2.45) is 0 Å². The number of fused-ring (bicyclic) bond motifs is 1. The van der Waals surface area contributed by atoms with Gasteiger partial charge in [-0.15, -0.1) is 0 Å². The second kappa shape index (κ2) is 9.48. The van der Waals surface area contributed by atoms with Crippen LogP contribution >= 0.6 is 0 Å². The van der Waals surface area contributed by atoms with Gasteiger partial charge in [0.15, 0.2) is 11.4 Å². The van der Waals surface area contributed by atoms with Crippen molar-refractivity contribution in [1.82, 2.24) is 14.8 Å². The van der Waals surface area contributed by atoms with E-state index in [1.54, 1.807) is 10.7 Å². The number of furan rings is 1. The van der Waals surface area contributed by atoms with Gasteiger partial charge >= 0.3 is 6.18 Å². The maximum atomic E-state index is 13.9. The van der Waals surface area contributed by atoms with Crippen molar-refractivity contribution in [2.45, 2.75) is 45.8 Å². The lowest BCUT2D eigenvalue weighted by atomic mass is 10.0. The number of hydrogen-bond acceptors (Lipinski definition) is 5. The molecule has 3 heterocycles. The number of carbonyl (C=O) groups excluding carboxylic acids is 2. The summed E-state index contributed by atoms with van der Waals surface area (Å²) in [6, 6.07) is 7.53. The van der Waals surface area contributed by atoms with E-state index >= 15 is 0 Å². The van der Waals surface area contributed by atoms with Crippen LogP contribution in [-0.4, -0.2) is 26.6 Å². The zero-order valence-corrected chi connectivity index (χ0v) is 20.0. The lowest BCUT2D eigenvalue weighted by Crippen LogP contribution is -2.19. The highest BCUT2D eigenvalue weighted by atomic mass is 19.4. The molecule has 0 aliphatic rings. The quantitative estimate of drug-likeness (QED) is 0.326. The minimum Gasteiger partial charge on any atom is -0.459 e. The minimum absolute atomic E-state index is 0.0285. The normalized spacial score (nSPS) is 11.9. The Morgan fingerprint density at radius 2 is 1.78 bits per heavy atom. The number of hydrogen-bond donors (Lipinski definition) is 2. The fraction of sp³-hybridized carbons (Fsp3) is 0.280. The number of amides is 2. The Kier molecular flexibility index (Phi) is 6.57. The molecule has 0 spiro atoms. The number of carbonyl (C=O) groups is 2. The highest BCUT2D eigenvalue weighted by molar-refractivity contribution is 6.12. The molecule has 2 N–H and O–H groups in total. The fourth-order valence-corrected chi connectivity index (χ4v) is 3.65. The first kappa shape index (κ1) is 25.0. The largest absolute Gasteiger partial charge is 0.459 e. The molecule has 0 atom stereocenters. The Balaban J connectivity index is 1.70. The molecule has 0 radical (unpaired) electrons. The van der Waals surface area contributed by atoms with Crippen LogP contribution in [0.3, 0.4) is 0 Å². The Morgan fingerprint density at radius 1 is 1.03 bits per heavy atom. The molecule has 0 unspecified atom stereocenters. The molecule has 0 saturated carbocycles. The van der Waals surface area contributed by atoms with E-state index in [9.17, 15) is 22.8 Å². The van der Waals surface area contributed by atoms with E-state index in [1.807, 2.05) is 27.7 Å². The number of nitrogens with zero attached hydrogens (tertiary/aromatic N) is 3. The Bertz CT molecular complexity index is 1420. The van der Waals surface area contributed by atoms with E-state index in [-0.39, 0.29) is 29.0 Å². The van der Waals surface area contributed by atoms with Gasteiger partial charge in [0, 0.05) is 17.4 Å². The number of nitrogens with one attached hydrogen (secondary N) is 2. The van der Waals surface area contributed by atoms with Gasteiger partial charge < -0.3 is 15.1 Å². The molecule has 1 aromatic carbocycles. The topological polar surface area (TPSA) is 102 Å². The van der Waals surface area contributed by atoms with E-state index in [1.165, 1.54) is 30.7 Å². The van der Waals surface area contributed by atoms with Crippen molar-refractivity contribution >= 4 is 34.2 Å². The lowest BCUT2D eigenvalue weighted by Gasteiger charge is -2.16. The van der Waals surface area contributed by atoms with Crippen molar-refractivity contribution in [1.29, 1.82) is 0 Å². The molecule has 11 heteroatoms. The first-order valence-electron chi connectivity index (χ1n) is 11.2. The first-order valence-corrected chi connectivity index (χ1v) is 11.2. The third-order valence-electron chi connectivity index (χ3n) is 5.49. The van der Waals surface area contributed by atoms with Gasteiger partial charge in [0.1, 0.15) is 0 Å². The van der Waals surface area contributed by atoms with Gasteiger partial charge in [0.25, 0.3) is 11.8 Å². The van der Waals surface area contributed by atoms with Crippen LogP contribution in [0.25, 0.3) is 11.0 Å². The summed E-state index contributed by atoms with van der Waals surface area (Å²) in [6.07, 6.45) is -2.03. The van der Waals surface area contributed by atoms with Crippen LogP contribution in [0.2, 0.25) is 0 Å². The third kappa shape index (κ3) is 4.95. The molecular formula is C25H24F3N5O3. The van der Waals surface area contributed by atoms with Crippen molar-refractivity contribution in [3.05, 3.63) is 71.4 Å². The predicted octanol–water partition coefficient (Wildman–Crippen LogP) is 6.25. The highest BCUT2D eigenvalue weighted by Crippen LogP contribution is 2.37. The third-order valence-corrected chi connectivity index (χ3v) is 5.49. The Morgan fingerprint density at radius 3 is 2.39 bits per heavy atom. The maximum absolute atomic E-state index is 13.9. The monoisotopic (exact) mass is 499 g/mol. The molecule has 0 aliphatic carbocycles. The minimum atomic E-state index is -4.80. The number of rotatable bonds is 6. The number of benzene rings is 1. The SMILES string of the molecule is CC(C)c1cc(C(=O)Nc2ccc(NC(=O)c3ccco3)cc2C(F)(F)F)c2cnn(C(C)C)c2n1. The van der Waals surface area contributed by atoms with E-state index in [0.717, 1.165) is 12.1 Å². The molecule has 0 aliphatic heterocycles. The predicted molar refractivity (Wildman–Crippen MR) is 128 cm³/mol. The van der Waals surface area contributed by atoms with Gasteiger partial charge in [-0.3, -0.25) is 9.59 Å². The molecule has 4 rings (SSSR count). The Hall–Kier alpha value is -4.15. The van der Waals surface area contributed by atoms with Gasteiger partial charge in [0.2, 0.25) is 0 Å². The zero-order valence-electron chi connectivity index (χ0n) is 20.0. The zero-order chi connectivity index (χ0) is 26.2. The molecule has 0 saturated heterocycles. The van der Waals surface area contributed by atoms with Crippen LogP contribution in [0.4, 0.5) is 24.5 Å². The van der Waals surface area contributed by atoms with Crippen molar-refractivity contribution < 1.29 is 27.2 Å². The number of alkyl halides is 3. The van der Waals surface area contributed by atoms with Gasteiger partial charge in [-0.05, 0) is 56.2 Å². The first-order chi connectivity index (χ1) is 17.0. The average Bonchev–Trinajstić information content (AvgIpc) is 3.48. The number of halogens is 3. The molecule has 188 valence electrons. The molecule has 8 nitrogen and oxygen atoms in total. The van der Waals surface area contributed by atoms with Crippen LogP contribution in [0.15, 0.2) is 53.3 Å². The van der Waals surface area contributed by atoms with E-state index in [4.69, 9.17) is 4.42 Å². The van der Waals surface area contributed by atoms with E-state index < -0.39 is 29.2 Å². The number of aromatic nitrogens is 3. The van der Waals surface area contributed by atoms with Crippen molar-refractivity contribution in [2.75, 3.05) is 10.6 Å². The van der Waals surface area contributed by atoms with Crippen LogP contribution in [0.5, 0.6) is 0 Å². The molecule has 2 amide bonds. The maximum Gasteiger partial charge on any atom is 0.418 e. The summed E-state index contributed by atoms with van der Waals surface area (Å²) in [7, 11) is 0. The molecule has 36 heavy (non-hydrogen) atoms. The summed E-state index contributed by atoms with van der Waals surface area (Å²) in [4.78, 5) is 30.0.